The molecule has 6 heteroatoms. The monoisotopic (exact) mass is 356 g/mol. The Morgan fingerprint density at radius 1 is 1.12 bits per heavy atom. The number of para-hydroxylation sites is 1. The lowest BCUT2D eigenvalue weighted by Gasteiger charge is -2.32. The highest BCUT2D eigenvalue weighted by atomic mass is 35.5. The van der Waals surface area contributed by atoms with Gasteiger partial charge in [0.15, 0.2) is 0 Å². The third-order valence-electron chi connectivity index (χ3n) is 5.16. The average Bonchev–Trinajstić information content (AvgIpc) is 3.07. The maximum Gasteiger partial charge on any atom is 0.227 e. The molecule has 0 radical (unpaired) electrons. The Labute approximate surface area is 152 Å². The Balaban J connectivity index is 1.33. The molecule has 25 heavy (non-hydrogen) atoms. The first-order chi connectivity index (χ1) is 12.2. The largest absolute Gasteiger partial charge is 0.341 e. The van der Waals surface area contributed by atoms with E-state index in [-0.39, 0.29) is 5.91 Å². The molecule has 0 saturated carbocycles. The van der Waals surface area contributed by atoms with E-state index in [1.54, 1.807) is 12.4 Å². The summed E-state index contributed by atoms with van der Waals surface area (Å²) in [7, 11) is 0. The Bertz CT molecular complexity index is 756. The first-order valence-electron chi connectivity index (χ1n) is 8.81. The number of halogens is 1. The van der Waals surface area contributed by atoms with E-state index >= 15 is 0 Å². The Kier molecular flexibility index (Phi) is 4.57. The zero-order chi connectivity index (χ0) is 17.2. The average molecular weight is 357 g/mol. The van der Waals surface area contributed by atoms with Gasteiger partial charge >= 0.3 is 0 Å². The summed E-state index contributed by atoms with van der Waals surface area (Å²) in [5.41, 5.74) is 2.38. The van der Waals surface area contributed by atoms with Crippen LogP contribution in [0.5, 0.6) is 0 Å². The van der Waals surface area contributed by atoms with E-state index in [4.69, 9.17) is 11.6 Å². The molecule has 2 aliphatic rings. The number of amides is 1. The molecule has 4 rings (SSSR count). The van der Waals surface area contributed by atoms with Gasteiger partial charge in [0, 0.05) is 31.7 Å². The fourth-order valence-corrected chi connectivity index (χ4v) is 3.86. The number of benzene rings is 1. The summed E-state index contributed by atoms with van der Waals surface area (Å²) in [6.45, 7) is 2.59. The lowest BCUT2D eigenvalue weighted by Crippen LogP contribution is -2.37. The zero-order valence-corrected chi connectivity index (χ0v) is 14.8. The fraction of sp³-hybridized carbons (Fsp3) is 0.421. The quantitative estimate of drug-likeness (QED) is 0.846. The summed E-state index contributed by atoms with van der Waals surface area (Å²) < 4.78 is 0. The van der Waals surface area contributed by atoms with Crippen LogP contribution >= 0.6 is 11.6 Å². The molecule has 3 heterocycles. The highest BCUT2D eigenvalue weighted by Crippen LogP contribution is 2.30. The number of rotatable bonds is 3. The van der Waals surface area contributed by atoms with Crippen LogP contribution in [0.15, 0.2) is 36.7 Å². The van der Waals surface area contributed by atoms with Crippen molar-refractivity contribution < 1.29 is 4.79 Å². The van der Waals surface area contributed by atoms with Crippen LogP contribution in [0, 0.1) is 5.92 Å². The number of fused-ring (bicyclic) bond motifs is 1. The van der Waals surface area contributed by atoms with Crippen LogP contribution in [0.1, 0.15) is 24.8 Å². The van der Waals surface area contributed by atoms with Crippen molar-refractivity contribution in [3.63, 3.8) is 0 Å². The summed E-state index contributed by atoms with van der Waals surface area (Å²) >= 11 is 5.84. The van der Waals surface area contributed by atoms with Crippen molar-refractivity contribution in [2.45, 2.75) is 25.7 Å². The molecule has 1 amide bonds. The molecule has 1 aromatic carbocycles. The zero-order valence-electron chi connectivity index (χ0n) is 14.1. The second-order valence-corrected chi connectivity index (χ2v) is 7.20. The van der Waals surface area contributed by atoms with Gasteiger partial charge in [-0.05, 0) is 36.8 Å². The van der Waals surface area contributed by atoms with E-state index in [1.807, 2.05) is 17.0 Å². The van der Waals surface area contributed by atoms with Crippen LogP contribution in [-0.2, 0) is 11.2 Å². The molecule has 0 atom stereocenters. The topological polar surface area (TPSA) is 49.3 Å². The van der Waals surface area contributed by atoms with Crippen molar-refractivity contribution in [2.75, 3.05) is 29.4 Å². The molecule has 2 aliphatic heterocycles. The van der Waals surface area contributed by atoms with Gasteiger partial charge in [-0.1, -0.05) is 29.8 Å². The third-order valence-corrected chi connectivity index (χ3v) is 5.35. The van der Waals surface area contributed by atoms with E-state index < -0.39 is 0 Å². The summed E-state index contributed by atoms with van der Waals surface area (Å²) in [5, 5.41) is 0.551. The van der Waals surface area contributed by atoms with Crippen LogP contribution in [-0.4, -0.2) is 35.5 Å². The molecule has 0 spiro atoms. The Morgan fingerprint density at radius 3 is 2.60 bits per heavy atom. The smallest absolute Gasteiger partial charge is 0.227 e. The molecule has 0 unspecified atom stereocenters. The molecule has 0 bridgehead atoms. The number of nitrogens with zero attached hydrogens (tertiary/aromatic N) is 4. The fourth-order valence-electron chi connectivity index (χ4n) is 3.76. The minimum absolute atomic E-state index is 0.256. The van der Waals surface area contributed by atoms with Crippen molar-refractivity contribution in [1.29, 1.82) is 0 Å². The Hall–Kier alpha value is -2.14. The SMILES string of the molecule is O=C(CC1CCN(c2ncc(Cl)cn2)CC1)N1CCc2ccccc21. The van der Waals surface area contributed by atoms with Gasteiger partial charge in [0.2, 0.25) is 11.9 Å². The lowest BCUT2D eigenvalue weighted by molar-refractivity contribution is -0.119. The molecular weight excluding hydrogens is 336 g/mol. The van der Waals surface area contributed by atoms with Crippen LogP contribution in [0.25, 0.3) is 0 Å². The van der Waals surface area contributed by atoms with Gasteiger partial charge < -0.3 is 9.80 Å². The normalized spacial score (nSPS) is 17.6. The van der Waals surface area contributed by atoms with Crippen molar-refractivity contribution in [2.24, 2.45) is 5.92 Å². The molecular formula is C19H21ClN4O. The standard InChI is InChI=1S/C19H21ClN4O/c20-16-12-21-19(22-13-16)23-8-5-14(6-9-23)11-18(25)24-10-7-15-3-1-2-4-17(15)24/h1-4,12-14H,5-11H2. The number of hydrogen-bond donors (Lipinski definition) is 0. The van der Waals surface area contributed by atoms with Gasteiger partial charge in [0.05, 0.1) is 17.4 Å². The Morgan fingerprint density at radius 2 is 1.84 bits per heavy atom. The summed E-state index contributed by atoms with van der Waals surface area (Å²) in [4.78, 5) is 25.4. The van der Waals surface area contributed by atoms with Gasteiger partial charge in [-0.2, -0.15) is 0 Å². The number of carbonyl (C=O) groups excluding carboxylic acids is 1. The lowest BCUT2D eigenvalue weighted by atomic mass is 9.93. The molecule has 1 saturated heterocycles. The highest BCUT2D eigenvalue weighted by Gasteiger charge is 2.28. The molecule has 0 aliphatic carbocycles. The number of piperidine rings is 1. The molecule has 1 aromatic heterocycles. The summed E-state index contributed by atoms with van der Waals surface area (Å²) in [5.74, 6) is 1.41. The second kappa shape index (κ2) is 7.00. The van der Waals surface area contributed by atoms with E-state index in [0.717, 1.165) is 50.5 Å². The highest BCUT2D eigenvalue weighted by molar-refractivity contribution is 6.30. The van der Waals surface area contributed by atoms with Gasteiger partial charge in [-0.3, -0.25) is 4.79 Å². The van der Waals surface area contributed by atoms with Crippen molar-refractivity contribution >= 4 is 29.1 Å². The van der Waals surface area contributed by atoms with E-state index in [0.29, 0.717) is 17.4 Å². The third kappa shape index (κ3) is 3.47. The molecule has 5 nitrogen and oxygen atoms in total. The van der Waals surface area contributed by atoms with Crippen LogP contribution in [0.2, 0.25) is 5.02 Å². The summed E-state index contributed by atoms with van der Waals surface area (Å²) in [6, 6.07) is 8.23. The van der Waals surface area contributed by atoms with Crippen LogP contribution in [0.4, 0.5) is 11.6 Å². The minimum Gasteiger partial charge on any atom is -0.341 e. The number of aromatic nitrogens is 2. The van der Waals surface area contributed by atoms with E-state index in [1.165, 1.54) is 5.56 Å². The number of carbonyl (C=O) groups is 1. The van der Waals surface area contributed by atoms with Gasteiger partial charge in [0.1, 0.15) is 0 Å². The van der Waals surface area contributed by atoms with E-state index in [9.17, 15) is 4.79 Å². The number of hydrogen-bond acceptors (Lipinski definition) is 4. The van der Waals surface area contributed by atoms with Crippen molar-refractivity contribution in [1.82, 2.24) is 9.97 Å². The van der Waals surface area contributed by atoms with E-state index in [2.05, 4.69) is 27.0 Å². The first-order valence-corrected chi connectivity index (χ1v) is 9.19. The number of anilines is 2. The predicted octanol–water partition coefficient (Wildman–Crippen LogP) is 3.33. The van der Waals surface area contributed by atoms with Crippen LogP contribution in [0.3, 0.4) is 0 Å². The van der Waals surface area contributed by atoms with Gasteiger partial charge in [0.25, 0.3) is 0 Å². The predicted molar refractivity (Wildman–Crippen MR) is 99.1 cm³/mol. The molecule has 2 aromatic rings. The molecule has 0 N–H and O–H groups in total. The summed E-state index contributed by atoms with van der Waals surface area (Å²) in [6.07, 6.45) is 6.84. The first kappa shape index (κ1) is 16.3. The minimum atomic E-state index is 0.256. The van der Waals surface area contributed by atoms with Gasteiger partial charge in [-0.25, -0.2) is 9.97 Å². The maximum absolute atomic E-state index is 12.7. The molecule has 1 fully saturated rings. The van der Waals surface area contributed by atoms with Crippen molar-refractivity contribution in [3.05, 3.63) is 47.2 Å². The van der Waals surface area contributed by atoms with Crippen LogP contribution < -0.4 is 9.80 Å². The van der Waals surface area contributed by atoms with Gasteiger partial charge in [-0.15, -0.1) is 0 Å². The van der Waals surface area contributed by atoms with Crippen molar-refractivity contribution in [3.8, 4) is 0 Å². The second-order valence-electron chi connectivity index (χ2n) is 6.76. The molecule has 130 valence electrons. The maximum atomic E-state index is 12.7.